The number of carbonyl (C=O) groups is 1. The molecule has 2 aromatic rings. The predicted molar refractivity (Wildman–Crippen MR) is 86.0 cm³/mol. The average Bonchev–Trinajstić information content (AvgIpc) is 2.36. The van der Waals surface area contributed by atoms with Crippen LogP contribution >= 0.6 is 35.6 Å². The van der Waals surface area contributed by atoms with Crippen molar-refractivity contribution in [1.82, 2.24) is 0 Å². The Bertz CT molecular complexity index is 543. The third-order valence-electron chi connectivity index (χ3n) is 2.55. The molecule has 4 heteroatoms. The molecule has 2 aromatic carbocycles. The molecule has 94 valence electrons. The molecule has 0 unspecified atom stereocenters. The standard InChI is InChI=1S/C14H12ClNO.HI/c1-10-12(15)8-5-9-13(10)16-14(17)11-6-3-2-4-7-11;/h2-9H,1H3,(H,16,17);1H. The molecule has 0 atom stereocenters. The van der Waals surface area contributed by atoms with Crippen LogP contribution in [0.25, 0.3) is 0 Å². The van der Waals surface area contributed by atoms with Gasteiger partial charge in [0.2, 0.25) is 0 Å². The summed E-state index contributed by atoms with van der Waals surface area (Å²) in [5.74, 6) is -0.129. The van der Waals surface area contributed by atoms with Crippen LogP contribution in [0.15, 0.2) is 48.5 Å². The average molecular weight is 374 g/mol. The van der Waals surface area contributed by atoms with E-state index in [1.165, 1.54) is 0 Å². The molecule has 18 heavy (non-hydrogen) atoms. The zero-order valence-electron chi connectivity index (χ0n) is 9.81. The van der Waals surface area contributed by atoms with Crippen LogP contribution in [0.1, 0.15) is 15.9 Å². The molecule has 0 aliphatic heterocycles. The topological polar surface area (TPSA) is 29.1 Å². The fourth-order valence-electron chi connectivity index (χ4n) is 1.53. The summed E-state index contributed by atoms with van der Waals surface area (Å²) in [5, 5.41) is 3.49. The van der Waals surface area contributed by atoms with Crippen molar-refractivity contribution in [2.45, 2.75) is 6.92 Å². The van der Waals surface area contributed by atoms with Gasteiger partial charge in [0, 0.05) is 16.3 Å². The van der Waals surface area contributed by atoms with Crippen LogP contribution in [0, 0.1) is 6.92 Å². The Balaban J connectivity index is 0.00000162. The van der Waals surface area contributed by atoms with Crippen LogP contribution in [0.3, 0.4) is 0 Å². The van der Waals surface area contributed by atoms with Gasteiger partial charge >= 0.3 is 0 Å². The Morgan fingerprint density at radius 2 is 1.72 bits per heavy atom. The highest BCUT2D eigenvalue weighted by atomic mass is 127. The molecule has 0 radical (unpaired) electrons. The summed E-state index contributed by atoms with van der Waals surface area (Å²) in [6.45, 7) is 1.88. The second-order valence-electron chi connectivity index (χ2n) is 3.73. The summed E-state index contributed by atoms with van der Waals surface area (Å²) in [4.78, 5) is 11.9. The van der Waals surface area contributed by atoms with Gasteiger partial charge in [-0.05, 0) is 36.8 Å². The fourth-order valence-corrected chi connectivity index (χ4v) is 1.70. The monoisotopic (exact) mass is 373 g/mol. The SMILES string of the molecule is Cc1c(Cl)cccc1NC(=O)c1ccccc1.I. The first-order valence-electron chi connectivity index (χ1n) is 5.30. The van der Waals surface area contributed by atoms with E-state index in [-0.39, 0.29) is 29.9 Å². The van der Waals surface area contributed by atoms with Gasteiger partial charge < -0.3 is 5.32 Å². The van der Waals surface area contributed by atoms with Crippen molar-refractivity contribution < 1.29 is 4.79 Å². The van der Waals surface area contributed by atoms with Crippen LogP contribution in [0.4, 0.5) is 5.69 Å². The van der Waals surface area contributed by atoms with Crippen molar-refractivity contribution in [2.24, 2.45) is 0 Å². The quantitative estimate of drug-likeness (QED) is 0.771. The summed E-state index contributed by atoms with van der Waals surface area (Å²) in [6.07, 6.45) is 0. The lowest BCUT2D eigenvalue weighted by Gasteiger charge is -2.09. The lowest BCUT2D eigenvalue weighted by Crippen LogP contribution is -2.12. The number of anilines is 1. The van der Waals surface area contributed by atoms with Gasteiger partial charge in [-0.25, -0.2) is 0 Å². The Labute approximate surface area is 128 Å². The number of benzene rings is 2. The van der Waals surface area contributed by atoms with Gasteiger partial charge in [-0.1, -0.05) is 35.9 Å². The number of nitrogens with one attached hydrogen (secondary N) is 1. The third-order valence-corrected chi connectivity index (χ3v) is 2.96. The molecule has 0 saturated carbocycles. The summed E-state index contributed by atoms with van der Waals surface area (Å²) in [7, 11) is 0. The maximum Gasteiger partial charge on any atom is 0.255 e. The zero-order valence-corrected chi connectivity index (χ0v) is 12.9. The second-order valence-corrected chi connectivity index (χ2v) is 4.14. The van der Waals surface area contributed by atoms with Crippen molar-refractivity contribution in [3.05, 3.63) is 64.7 Å². The van der Waals surface area contributed by atoms with Crippen molar-refractivity contribution in [3.63, 3.8) is 0 Å². The Kier molecular flexibility index (Phi) is 5.62. The molecule has 0 aromatic heterocycles. The van der Waals surface area contributed by atoms with Gasteiger partial charge in [0.15, 0.2) is 0 Å². The van der Waals surface area contributed by atoms with Crippen molar-refractivity contribution in [2.75, 3.05) is 5.32 Å². The molecule has 0 aliphatic rings. The van der Waals surface area contributed by atoms with Gasteiger partial charge in [-0.2, -0.15) is 0 Å². The van der Waals surface area contributed by atoms with Crippen LogP contribution < -0.4 is 5.32 Å². The van der Waals surface area contributed by atoms with E-state index in [2.05, 4.69) is 5.32 Å². The summed E-state index contributed by atoms with van der Waals surface area (Å²) >= 11 is 5.99. The van der Waals surface area contributed by atoms with Crippen molar-refractivity contribution in [3.8, 4) is 0 Å². The molecule has 0 bridgehead atoms. The molecule has 0 aliphatic carbocycles. The summed E-state index contributed by atoms with van der Waals surface area (Å²) in [5.41, 5.74) is 2.25. The Hall–Kier alpha value is -1.07. The first kappa shape index (κ1) is 15.0. The lowest BCUT2D eigenvalue weighted by atomic mass is 10.1. The molecule has 1 amide bonds. The molecule has 2 rings (SSSR count). The van der Waals surface area contributed by atoms with Crippen molar-refractivity contribution in [1.29, 1.82) is 0 Å². The van der Waals surface area contributed by atoms with Crippen LogP contribution in [-0.2, 0) is 0 Å². The largest absolute Gasteiger partial charge is 0.322 e. The van der Waals surface area contributed by atoms with E-state index >= 15 is 0 Å². The van der Waals surface area contributed by atoms with E-state index in [1.54, 1.807) is 18.2 Å². The highest BCUT2D eigenvalue weighted by molar-refractivity contribution is 14.0. The molecular weight excluding hydrogens is 361 g/mol. The molecule has 0 saturated heterocycles. The number of carbonyl (C=O) groups excluding carboxylic acids is 1. The molecule has 0 fully saturated rings. The molecule has 0 heterocycles. The van der Waals surface area contributed by atoms with E-state index < -0.39 is 0 Å². The zero-order chi connectivity index (χ0) is 12.3. The molecule has 1 N–H and O–H groups in total. The normalized spacial score (nSPS) is 9.44. The van der Waals surface area contributed by atoms with E-state index in [4.69, 9.17) is 11.6 Å². The number of halogens is 2. The first-order chi connectivity index (χ1) is 8.18. The summed E-state index contributed by atoms with van der Waals surface area (Å²) < 4.78 is 0. The Morgan fingerprint density at radius 3 is 2.39 bits per heavy atom. The minimum absolute atomic E-state index is 0. The number of amides is 1. The highest BCUT2D eigenvalue weighted by Gasteiger charge is 2.07. The second kappa shape index (κ2) is 6.75. The first-order valence-corrected chi connectivity index (χ1v) is 5.68. The minimum Gasteiger partial charge on any atom is -0.322 e. The maximum atomic E-state index is 11.9. The smallest absolute Gasteiger partial charge is 0.255 e. The minimum atomic E-state index is -0.129. The number of rotatable bonds is 2. The van der Waals surface area contributed by atoms with Crippen LogP contribution in [-0.4, -0.2) is 5.91 Å². The fraction of sp³-hybridized carbons (Fsp3) is 0.0714. The maximum absolute atomic E-state index is 11.9. The highest BCUT2D eigenvalue weighted by Crippen LogP contribution is 2.23. The molecule has 2 nitrogen and oxygen atoms in total. The van der Waals surface area contributed by atoms with Gasteiger partial charge in [0.05, 0.1) is 0 Å². The van der Waals surface area contributed by atoms with Gasteiger partial charge in [0.1, 0.15) is 0 Å². The Morgan fingerprint density at radius 1 is 1.06 bits per heavy atom. The third kappa shape index (κ3) is 3.46. The molecular formula is C14H13ClINO. The van der Waals surface area contributed by atoms with E-state index in [1.807, 2.05) is 37.3 Å². The van der Waals surface area contributed by atoms with Crippen LogP contribution in [0.5, 0.6) is 0 Å². The van der Waals surface area contributed by atoms with Gasteiger partial charge in [-0.3, -0.25) is 4.79 Å². The van der Waals surface area contributed by atoms with E-state index in [0.717, 1.165) is 11.3 Å². The predicted octanol–water partition coefficient (Wildman–Crippen LogP) is 4.52. The van der Waals surface area contributed by atoms with Gasteiger partial charge in [0.25, 0.3) is 5.91 Å². The lowest BCUT2D eigenvalue weighted by molar-refractivity contribution is 0.102. The van der Waals surface area contributed by atoms with Crippen molar-refractivity contribution >= 4 is 47.2 Å². The molecule has 0 spiro atoms. The van der Waals surface area contributed by atoms with E-state index in [0.29, 0.717) is 10.6 Å². The summed E-state index contributed by atoms with van der Waals surface area (Å²) in [6, 6.07) is 14.5. The number of hydrogen-bond acceptors (Lipinski definition) is 1. The van der Waals surface area contributed by atoms with Crippen LogP contribution in [0.2, 0.25) is 5.02 Å². The van der Waals surface area contributed by atoms with E-state index in [9.17, 15) is 4.79 Å². The van der Waals surface area contributed by atoms with Gasteiger partial charge in [-0.15, -0.1) is 24.0 Å². The number of hydrogen-bond donors (Lipinski definition) is 1.